The smallest absolute Gasteiger partial charge is 0.241 e. The molecule has 3 N–H and O–H groups in total. The maximum absolute atomic E-state index is 12.4. The van der Waals surface area contributed by atoms with Crippen molar-refractivity contribution in [1.29, 1.82) is 0 Å². The zero-order valence-electron chi connectivity index (χ0n) is 11.6. The fourth-order valence-electron chi connectivity index (χ4n) is 1.78. The van der Waals surface area contributed by atoms with Crippen molar-refractivity contribution in [3.8, 4) is 0 Å². The van der Waals surface area contributed by atoms with Crippen LogP contribution in [-0.2, 0) is 21.3 Å². The third-order valence-electron chi connectivity index (χ3n) is 2.96. The minimum absolute atomic E-state index is 0.226. The van der Waals surface area contributed by atoms with Gasteiger partial charge in [-0.2, -0.15) is 0 Å². The maximum Gasteiger partial charge on any atom is 0.241 e. The van der Waals surface area contributed by atoms with Gasteiger partial charge in [0, 0.05) is 19.7 Å². The first-order chi connectivity index (χ1) is 8.94. The summed E-state index contributed by atoms with van der Waals surface area (Å²) in [7, 11) is -1.99. The van der Waals surface area contributed by atoms with E-state index in [-0.39, 0.29) is 10.9 Å². The van der Waals surface area contributed by atoms with Crippen molar-refractivity contribution >= 4 is 10.0 Å². The van der Waals surface area contributed by atoms with Gasteiger partial charge in [-0.3, -0.25) is 0 Å². The molecule has 1 atom stereocenters. The molecule has 0 aliphatic heterocycles. The number of nitrogens with two attached hydrogens (primary N) is 1. The van der Waals surface area contributed by atoms with Gasteiger partial charge in [-0.1, -0.05) is 19.1 Å². The van der Waals surface area contributed by atoms with Gasteiger partial charge in [0.25, 0.3) is 0 Å². The summed E-state index contributed by atoms with van der Waals surface area (Å²) in [5, 5.41) is 0. The van der Waals surface area contributed by atoms with E-state index >= 15 is 0 Å². The van der Waals surface area contributed by atoms with Crippen LogP contribution in [0.4, 0.5) is 0 Å². The van der Waals surface area contributed by atoms with Gasteiger partial charge in [-0.05, 0) is 30.5 Å². The van der Waals surface area contributed by atoms with E-state index < -0.39 is 10.0 Å². The predicted molar refractivity (Wildman–Crippen MR) is 75.3 cm³/mol. The Bertz CT molecular complexity index is 515. The Morgan fingerprint density at radius 3 is 2.63 bits per heavy atom. The number of hydrogen-bond donors (Lipinski definition) is 2. The van der Waals surface area contributed by atoms with Crippen molar-refractivity contribution in [1.82, 2.24) is 4.72 Å². The lowest BCUT2D eigenvalue weighted by Crippen LogP contribution is -2.37. The van der Waals surface area contributed by atoms with Crippen LogP contribution in [0.2, 0.25) is 0 Å². The first-order valence-electron chi connectivity index (χ1n) is 6.25. The third-order valence-corrected chi connectivity index (χ3v) is 4.62. The van der Waals surface area contributed by atoms with E-state index in [0.717, 1.165) is 5.56 Å². The molecule has 0 spiro atoms. The highest BCUT2D eigenvalue weighted by Crippen LogP contribution is 2.17. The van der Waals surface area contributed by atoms with E-state index in [2.05, 4.69) is 4.72 Å². The number of benzene rings is 1. The Hall–Kier alpha value is -0.950. The molecule has 1 rings (SSSR count). The van der Waals surface area contributed by atoms with E-state index in [0.29, 0.717) is 25.1 Å². The van der Waals surface area contributed by atoms with Crippen molar-refractivity contribution in [3.05, 3.63) is 29.3 Å². The van der Waals surface area contributed by atoms with E-state index in [9.17, 15) is 8.42 Å². The van der Waals surface area contributed by atoms with Gasteiger partial charge in [-0.25, -0.2) is 13.1 Å². The highest BCUT2D eigenvalue weighted by atomic mass is 32.2. The summed E-state index contributed by atoms with van der Waals surface area (Å²) in [6, 6.07) is 5.00. The second-order valence-electron chi connectivity index (χ2n) is 4.49. The van der Waals surface area contributed by atoms with Crippen LogP contribution in [-0.4, -0.2) is 28.2 Å². The summed E-state index contributed by atoms with van der Waals surface area (Å²) < 4.78 is 32.4. The minimum atomic E-state index is -3.54. The van der Waals surface area contributed by atoms with Crippen molar-refractivity contribution in [2.45, 2.75) is 37.8 Å². The average molecular weight is 286 g/mol. The first kappa shape index (κ1) is 16.1. The number of hydrogen-bond acceptors (Lipinski definition) is 4. The summed E-state index contributed by atoms with van der Waals surface area (Å²) in [5.41, 5.74) is 7.05. The van der Waals surface area contributed by atoms with Gasteiger partial charge in [-0.15, -0.1) is 0 Å². The monoisotopic (exact) mass is 286 g/mol. The summed E-state index contributed by atoms with van der Waals surface area (Å²) in [5.74, 6) is 0. The topological polar surface area (TPSA) is 81.4 Å². The van der Waals surface area contributed by atoms with Crippen molar-refractivity contribution in [3.63, 3.8) is 0 Å². The first-order valence-corrected chi connectivity index (χ1v) is 7.73. The molecule has 0 bridgehead atoms. The molecule has 5 nitrogen and oxygen atoms in total. The van der Waals surface area contributed by atoms with E-state index in [1.807, 2.05) is 13.0 Å². The van der Waals surface area contributed by atoms with Gasteiger partial charge >= 0.3 is 0 Å². The Labute approximate surface area is 115 Å². The number of ether oxygens (including phenoxy) is 1. The quantitative estimate of drug-likeness (QED) is 0.788. The van der Waals surface area contributed by atoms with Crippen molar-refractivity contribution in [2.24, 2.45) is 5.73 Å². The van der Waals surface area contributed by atoms with Gasteiger partial charge in [0.15, 0.2) is 0 Å². The fraction of sp³-hybridized carbons (Fsp3) is 0.538. The molecule has 0 aliphatic rings. The number of nitrogens with one attached hydrogen (secondary N) is 1. The van der Waals surface area contributed by atoms with Crippen LogP contribution in [0.25, 0.3) is 0 Å². The molecule has 0 aliphatic carbocycles. The molecular formula is C13H22N2O3S. The van der Waals surface area contributed by atoms with E-state index in [1.165, 1.54) is 0 Å². The molecule has 0 aromatic heterocycles. The predicted octanol–water partition coefficient (Wildman–Crippen LogP) is 1.16. The number of methoxy groups -OCH3 is 1. The van der Waals surface area contributed by atoms with Gasteiger partial charge in [0.2, 0.25) is 10.0 Å². The van der Waals surface area contributed by atoms with Gasteiger partial charge in [0.1, 0.15) is 0 Å². The van der Waals surface area contributed by atoms with Crippen LogP contribution >= 0.6 is 0 Å². The molecule has 1 aromatic carbocycles. The van der Waals surface area contributed by atoms with Crippen LogP contribution in [0.1, 0.15) is 24.5 Å². The van der Waals surface area contributed by atoms with Crippen LogP contribution in [0, 0.1) is 6.92 Å². The number of sulfonamides is 1. The number of aryl methyl sites for hydroxylation is 1. The molecule has 1 unspecified atom stereocenters. The van der Waals surface area contributed by atoms with Crippen molar-refractivity contribution in [2.75, 3.05) is 13.7 Å². The molecule has 0 saturated heterocycles. The highest BCUT2D eigenvalue weighted by Gasteiger charge is 2.21. The zero-order chi connectivity index (χ0) is 14.5. The van der Waals surface area contributed by atoms with Crippen LogP contribution in [0.3, 0.4) is 0 Å². The van der Waals surface area contributed by atoms with Crippen LogP contribution < -0.4 is 10.5 Å². The summed E-state index contributed by atoms with van der Waals surface area (Å²) in [6.07, 6.45) is 0.669. The lowest BCUT2D eigenvalue weighted by atomic mass is 10.1. The molecule has 0 heterocycles. The Morgan fingerprint density at radius 1 is 1.42 bits per heavy atom. The minimum Gasteiger partial charge on any atom is -0.383 e. The molecule has 108 valence electrons. The lowest BCUT2D eigenvalue weighted by molar-refractivity contribution is 0.173. The molecule has 0 saturated carbocycles. The second kappa shape index (κ2) is 7.00. The van der Waals surface area contributed by atoms with Crippen molar-refractivity contribution < 1.29 is 13.2 Å². The maximum atomic E-state index is 12.4. The fourth-order valence-corrected chi connectivity index (χ4v) is 3.38. The van der Waals surface area contributed by atoms with E-state index in [1.54, 1.807) is 26.2 Å². The van der Waals surface area contributed by atoms with Crippen LogP contribution in [0.5, 0.6) is 0 Å². The number of rotatable bonds is 7. The average Bonchev–Trinajstić information content (AvgIpc) is 2.38. The van der Waals surface area contributed by atoms with Crippen LogP contribution in [0.15, 0.2) is 23.1 Å². The largest absolute Gasteiger partial charge is 0.383 e. The molecule has 0 fully saturated rings. The highest BCUT2D eigenvalue weighted by molar-refractivity contribution is 7.89. The standard InChI is InChI=1S/C13H22N2O3S/c1-4-12(9-18-3)15-19(16,17)13-7-11(8-14)6-5-10(13)2/h5-7,12,15H,4,8-9,14H2,1-3H3. The molecular weight excluding hydrogens is 264 g/mol. The Balaban J connectivity index is 3.05. The normalized spacial score (nSPS) is 13.5. The zero-order valence-corrected chi connectivity index (χ0v) is 12.5. The summed E-state index contributed by atoms with van der Waals surface area (Å²) in [4.78, 5) is 0.282. The summed E-state index contributed by atoms with van der Waals surface area (Å²) in [6.45, 7) is 4.35. The molecule has 19 heavy (non-hydrogen) atoms. The lowest BCUT2D eigenvalue weighted by Gasteiger charge is -2.17. The molecule has 6 heteroatoms. The third kappa shape index (κ3) is 4.28. The SMILES string of the molecule is CCC(COC)NS(=O)(=O)c1cc(CN)ccc1C. The molecule has 1 aromatic rings. The second-order valence-corrected chi connectivity index (χ2v) is 6.17. The molecule has 0 amide bonds. The Morgan fingerprint density at radius 2 is 2.11 bits per heavy atom. The van der Waals surface area contributed by atoms with E-state index in [4.69, 9.17) is 10.5 Å². The summed E-state index contributed by atoms with van der Waals surface area (Å²) >= 11 is 0. The van der Waals surface area contributed by atoms with Gasteiger partial charge < -0.3 is 10.5 Å². The Kier molecular flexibility index (Phi) is 5.93. The van der Waals surface area contributed by atoms with Gasteiger partial charge in [0.05, 0.1) is 11.5 Å². The molecule has 0 radical (unpaired) electrons.